The van der Waals surface area contributed by atoms with Gasteiger partial charge < -0.3 is 5.32 Å². The predicted molar refractivity (Wildman–Crippen MR) is 84.0 cm³/mol. The number of aryl methyl sites for hydroxylation is 1. The molecular formula is C12H19IN4O2. The summed E-state index contributed by atoms with van der Waals surface area (Å²) in [4.78, 5) is 29.2. The number of aromatic nitrogens is 2. The number of alkyl halides is 1. The average molecular weight is 378 g/mol. The summed E-state index contributed by atoms with van der Waals surface area (Å²) in [6.45, 7) is 2.33. The van der Waals surface area contributed by atoms with Gasteiger partial charge in [0.25, 0.3) is 5.56 Å². The lowest BCUT2D eigenvalue weighted by molar-refractivity contribution is 0.251. The van der Waals surface area contributed by atoms with Gasteiger partial charge in [0.15, 0.2) is 0 Å². The van der Waals surface area contributed by atoms with Crippen molar-refractivity contribution in [3.8, 4) is 0 Å². The largest absolute Gasteiger partial charge is 0.338 e. The fourth-order valence-corrected chi connectivity index (χ4v) is 2.10. The number of nitrogens with one attached hydrogen (secondary N) is 3. The highest BCUT2D eigenvalue weighted by Gasteiger charge is 2.03. The number of hydrogen-bond acceptors (Lipinski definition) is 3. The molecule has 0 fully saturated rings. The van der Waals surface area contributed by atoms with E-state index < -0.39 is 0 Å². The molecule has 1 aromatic rings. The summed E-state index contributed by atoms with van der Waals surface area (Å²) in [5.74, 6) is 0.174. The van der Waals surface area contributed by atoms with Gasteiger partial charge in [-0.25, -0.2) is 9.78 Å². The predicted octanol–water partition coefficient (Wildman–Crippen LogP) is 2.20. The van der Waals surface area contributed by atoms with E-state index in [2.05, 4.69) is 43.2 Å². The zero-order valence-electron chi connectivity index (χ0n) is 11.0. The van der Waals surface area contributed by atoms with Crippen molar-refractivity contribution in [2.24, 2.45) is 0 Å². The molecule has 0 saturated carbocycles. The molecule has 3 N–H and O–H groups in total. The molecule has 0 saturated heterocycles. The van der Waals surface area contributed by atoms with E-state index in [1.807, 2.05) is 0 Å². The van der Waals surface area contributed by atoms with Crippen LogP contribution in [0.2, 0.25) is 0 Å². The summed E-state index contributed by atoms with van der Waals surface area (Å²) in [5, 5.41) is 5.24. The first-order valence-corrected chi connectivity index (χ1v) is 7.83. The van der Waals surface area contributed by atoms with Gasteiger partial charge in [0, 0.05) is 18.3 Å². The van der Waals surface area contributed by atoms with Gasteiger partial charge in [0.1, 0.15) is 0 Å². The van der Waals surface area contributed by atoms with E-state index in [-0.39, 0.29) is 17.5 Å². The second kappa shape index (κ2) is 8.89. The lowest BCUT2D eigenvalue weighted by Gasteiger charge is -2.06. The van der Waals surface area contributed by atoms with Gasteiger partial charge in [-0.15, -0.1) is 0 Å². The van der Waals surface area contributed by atoms with Crippen molar-refractivity contribution >= 4 is 34.6 Å². The van der Waals surface area contributed by atoms with Crippen LogP contribution in [0.25, 0.3) is 0 Å². The zero-order chi connectivity index (χ0) is 14.1. The molecule has 0 unspecified atom stereocenters. The first kappa shape index (κ1) is 15.9. The minimum Gasteiger partial charge on any atom is -0.338 e. The molecule has 1 heterocycles. The number of H-pyrrole nitrogens is 1. The van der Waals surface area contributed by atoms with Gasteiger partial charge >= 0.3 is 6.03 Å². The summed E-state index contributed by atoms with van der Waals surface area (Å²) >= 11 is 2.36. The van der Waals surface area contributed by atoms with Gasteiger partial charge in [-0.1, -0.05) is 35.4 Å². The van der Waals surface area contributed by atoms with E-state index in [1.54, 1.807) is 6.92 Å². The molecule has 0 aliphatic rings. The SMILES string of the molecule is Cc1cc(=O)[nH]c(NC(=O)NCCCCCCI)n1. The number of carbonyl (C=O) groups is 1. The third-order valence-electron chi connectivity index (χ3n) is 2.45. The second-order valence-corrected chi connectivity index (χ2v) is 5.30. The molecule has 19 heavy (non-hydrogen) atoms. The molecule has 0 atom stereocenters. The van der Waals surface area contributed by atoms with Crippen LogP contribution in [0, 0.1) is 6.92 Å². The standard InChI is InChI=1S/C12H19IN4O2/c1-9-8-10(18)16-11(15-9)17-12(19)14-7-5-3-2-4-6-13/h8H,2-7H2,1H3,(H3,14,15,16,17,18,19). The number of unbranched alkanes of at least 4 members (excludes halogenated alkanes) is 3. The van der Waals surface area contributed by atoms with Crippen molar-refractivity contribution in [1.82, 2.24) is 15.3 Å². The summed E-state index contributed by atoms with van der Waals surface area (Å²) in [7, 11) is 0. The van der Waals surface area contributed by atoms with Crippen molar-refractivity contribution in [2.75, 3.05) is 16.3 Å². The highest BCUT2D eigenvalue weighted by atomic mass is 127. The van der Waals surface area contributed by atoms with Gasteiger partial charge in [-0.05, 0) is 24.2 Å². The van der Waals surface area contributed by atoms with Crippen LogP contribution >= 0.6 is 22.6 Å². The van der Waals surface area contributed by atoms with Crippen LogP contribution < -0.4 is 16.2 Å². The van der Waals surface area contributed by atoms with Crippen molar-refractivity contribution in [3.05, 3.63) is 22.1 Å². The van der Waals surface area contributed by atoms with Crippen molar-refractivity contribution in [2.45, 2.75) is 32.6 Å². The van der Waals surface area contributed by atoms with Crippen LogP contribution in [0.15, 0.2) is 10.9 Å². The Labute approximate surface area is 125 Å². The van der Waals surface area contributed by atoms with E-state index >= 15 is 0 Å². The molecule has 2 amide bonds. The second-order valence-electron chi connectivity index (χ2n) is 4.22. The van der Waals surface area contributed by atoms with Crippen LogP contribution in [-0.2, 0) is 0 Å². The number of urea groups is 1. The Hall–Kier alpha value is -1.12. The van der Waals surface area contributed by atoms with Crippen molar-refractivity contribution in [1.29, 1.82) is 0 Å². The monoisotopic (exact) mass is 378 g/mol. The molecule has 1 aromatic heterocycles. The topological polar surface area (TPSA) is 86.9 Å². The molecule has 0 spiro atoms. The Balaban J connectivity index is 2.25. The number of rotatable bonds is 7. The lowest BCUT2D eigenvalue weighted by atomic mass is 10.2. The average Bonchev–Trinajstić information content (AvgIpc) is 2.32. The zero-order valence-corrected chi connectivity index (χ0v) is 13.1. The number of aromatic amines is 1. The maximum absolute atomic E-state index is 11.5. The van der Waals surface area contributed by atoms with E-state index in [4.69, 9.17) is 0 Å². The minimum atomic E-state index is -0.345. The Bertz CT molecular complexity index is 461. The summed E-state index contributed by atoms with van der Waals surface area (Å²) < 4.78 is 1.18. The smallest absolute Gasteiger partial charge is 0.321 e. The summed E-state index contributed by atoms with van der Waals surface area (Å²) in [6.07, 6.45) is 4.49. The van der Waals surface area contributed by atoms with Gasteiger partial charge in [-0.2, -0.15) is 0 Å². The van der Waals surface area contributed by atoms with Crippen LogP contribution in [0.1, 0.15) is 31.4 Å². The number of nitrogens with zero attached hydrogens (tertiary/aromatic N) is 1. The fraction of sp³-hybridized carbons (Fsp3) is 0.583. The number of amides is 2. The lowest BCUT2D eigenvalue weighted by Crippen LogP contribution is -2.31. The van der Waals surface area contributed by atoms with Crippen molar-refractivity contribution in [3.63, 3.8) is 0 Å². The summed E-state index contributed by atoms with van der Waals surface area (Å²) in [5.41, 5.74) is 0.291. The van der Waals surface area contributed by atoms with Crippen molar-refractivity contribution < 1.29 is 4.79 Å². The Morgan fingerprint density at radius 3 is 2.79 bits per heavy atom. The molecule has 106 valence electrons. The fourth-order valence-electron chi connectivity index (χ4n) is 1.56. The van der Waals surface area contributed by atoms with Gasteiger partial charge in [0.2, 0.25) is 5.95 Å². The Kier molecular flexibility index (Phi) is 7.46. The number of carbonyl (C=O) groups excluding carboxylic acids is 1. The minimum absolute atomic E-state index is 0.174. The van der Waals surface area contributed by atoms with Gasteiger partial charge in [0.05, 0.1) is 0 Å². The molecule has 6 nitrogen and oxygen atoms in total. The number of anilines is 1. The number of halogens is 1. The molecular weight excluding hydrogens is 359 g/mol. The molecule has 0 bridgehead atoms. The highest BCUT2D eigenvalue weighted by Crippen LogP contribution is 2.01. The third kappa shape index (κ3) is 7.14. The van der Waals surface area contributed by atoms with E-state index in [1.165, 1.54) is 23.3 Å². The van der Waals surface area contributed by atoms with E-state index in [9.17, 15) is 9.59 Å². The Morgan fingerprint density at radius 1 is 1.37 bits per heavy atom. The molecule has 7 heteroatoms. The quantitative estimate of drug-likeness (QED) is 0.386. The van der Waals surface area contributed by atoms with Crippen LogP contribution in [0.5, 0.6) is 0 Å². The molecule has 0 aromatic carbocycles. The van der Waals surface area contributed by atoms with Crippen LogP contribution in [-0.4, -0.2) is 27.0 Å². The maximum Gasteiger partial charge on any atom is 0.321 e. The molecule has 0 aliphatic carbocycles. The molecule has 0 aliphatic heterocycles. The third-order valence-corrected chi connectivity index (χ3v) is 3.21. The van der Waals surface area contributed by atoms with Crippen LogP contribution in [0.4, 0.5) is 10.7 Å². The number of hydrogen-bond donors (Lipinski definition) is 3. The first-order valence-electron chi connectivity index (χ1n) is 6.30. The summed E-state index contributed by atoms with van der Waals surface area (Å²) in [6, 6.07) is 1.03. The molecule has 1 rings (SSSR count). The van der Waals surface area contributed by atoms with E-state index in [0.717, 1.165) is 12.8 Å². The molecule has 0 radical (unpaired) electrons. The van der Waals surface area contributed by atoms with Gasteiger partial charge in [-0.3, -0.25) is 15.1 Å². The van der Waals surface area contributed by atoms with E-state index in [0.29, 0.717) is 12.2 Å². The maximum atomic E-state index is 11.5. The Morgan fingerprint density at radius 2 is 2.11 bits per heavy atom. The first-order chi connectivity index (χ1) is 9.11. The highest BCUT2D eigenvalue weighted by molar-refractivity contribution is 14.1. The van der Waals surface area contributed by atoms with Crippen LogP contribution in [0.3, 0.4) is 0 Å². The normalized spacial score (nSPS) is 10.2.